The largest absolute Gasteiger partial charge is 0.296 e. The first-order chi connectivity index (χ1) is 12.2. The summed E-state index contributed by atoms with van der Waals surface area (Å²) in [4.78, 5) is 13.0. The van der Waals surface area contributed by atoms with E-state index in [0.717, 1.165) is 11.1 Å². The third-order valence-corrected chi connectivity index (χ3v) is 5.93. The third-order valence-electron chi connectivity index (χ3n) is 4.58. The van der Waals surface area contributed by atoms with Crippen LogP contribution < -0.4 is 10.3 Å². The van der Waals surface area contributed by atoms with E-state index in [9.17, 15) is 13.2 Å². The third kappa shape index (κ3) is 3.06. The summed E-state index contributed by atoms with van der Waals surface area (Å²) in [7, 11) is -2.14. The zero-order valence-electron chi connectivity index (χ0n) is 15.1. The molecule has 0 aliphatic carbocycles. The molecule has 0 fully saturated rings. The van der Waals surface area contributed by atoms with Crippen molar-refractivity contribution in [1.82, 2.24) is 9.36 Å². The van der Waals surface area contributed by atoms with E-state index in [1.807, 2.05) is 32.0 Å². The van der Waals surface area contributed by atoms with E-state index >= 15 is 0 Å². The van der Waals surface area contributed by atoms with Gasteiger partial charge in [0.25, 0.3) is 15.6 Å². The number of anilines is 1. The fourth-order valence-corrected chi connectivity index (χ4v) is 3.96. The second-order valence-corrected chi connectivity index (χ2v) is 7.97. The normalized spacial score (nSPS) is 11.5. The van der Waals surface area contributed by atoms with Gasteiger partial charge in [-0.05, 0) is 56.2 Å². The standard InChI is InChI=1S/C19H21N3O3S/c1-13-10-11-17(12-14(13)2)26(24,25)20-18-15(3)21(4)22(19(18)23)16-8-6-5-7-9-16/h5-12,20H,1-4H3. The number of nitrogens with zero attached hydrogens (tertiary/aromatic N) is 2. The van der Waals surface area contributed by atoms with Crippen molar-refractivity contribution in [3.8, 4) is 5.69 Å². The van der Waals surface area contributed by atoms with Gasteiger partial charge in [0.05, 0.1) is 16.3 Å². The Kier molecular flexibility index (Phi) is 4.50. The predicted octanol–water partition coefficient (Wildman–Crippen LogP) is 2.90. The Bertz CT molecular complexity index is 1130. The molecule has 3 aromatic rings. The molecule has 0 radical (unpaired) electrons. The molecule has 0 saturated heterocycles. The molecule has 1 aromatic heterocycles. The number of para-hydroxylation sites is 1. The Morgan fingerprint density at radius 1 is 0.923 bits per heavy atom. The van der Waals surface area contributed by atoms with Gasteiger partial charge in [0.15, 0.2) is 0 Å². The maximum Gasteiger partial charge on any atom is 0.296 e. The number of hydrogen-bond donors (Lipinski definition) is 1. The Hall–Kier alpha value is -2.80. The van der Waals surface area contributed by atoms with E-state index in [0.29, 0.717) is 11.4 Å². The SMILES string of the molecule is Cc1ccc(S(=O)(=O)Nc2c(C)n(C)n(-c3ccccc3)c2=O)cc1C. The molecule has 1 heterocycles. The van der Waals surface area contributed by atoms with Crippen LogP contribution in [0.4, 0.5) is 5.69 Å². The van der Waals surface area contributed by atoms with Gasteiger partial charge in [0.1, 0.15) is 5.69 Å². The molecule has 0 spiro atoms. The van der Waals surface area contributed by atoms with Gasteiger partial charge in [-0.15, -0.1) is 0 Å². The molecule has 26 heavy (non-hydrogen) atoms. The van der Waals surface area contributed by atoms with Gasteiger partial charge in [0.2, 0.25) is 0 Å². The van der Waals surface area contributed by atoms with E-state index in [1.54, 1.807) is 49.0 Å². The molecule has 3 rings (SSSR count). The Labute approximate surface area is 152 Å². The topological polar surface area (TPSA) is 73.1 Å². The molecule has 7 heteroatoms. The van der Waals surface area contributed by atoms with Crippen molar-refractivity contribution < 1.29 is 8.42 Å². The second-order valence-electron chi connectivity index (χ2n) is 6.29. The summed E-state index contributed by atoms with van der Waals surface area (Å²) >= 11 is 0. The van der Waals surface area contributed by atoms with E-state index in [2.05, 4.69) is 4.72 Å². The number of rotatable bonds is 4. The molecular formula is C19H21N3O3S. The quantitative estimate of drug-likeness (QED) is 0.766. The van der Waals surface area contributed by atoms with Gasteiger partial charge < -0.3 is 0 Å². The summed E-state index contributed by atoms with van der Waals surface area (Å²) < 4.78 is 31.1. The highest BCUT2D eigenvalue weighted by Gasteiger charge is 2.22. The molecule has 0 atom stereocenters. The summed E-state index contributed by atoms with van der Waals surface area (Å²) in [6.45, 7) is 5.47. The van der Waals surface area contributed by atoms with Gasteiger partial charge in [-0.2, -0.15) is 0 Å². The van der Waals surface area contributed by atoms with Crippen molar-refractivity contribution in [2.24, 2.45) is 7.05 Å². The fraction of sp³-hybridized carbons (Fsp3) is 0.211. The van der Waals surface area contributed by atoms with Gasteiger partial charge in [-0.3, -0.25) is 14.2 Å². The molecule has 0 aliphatic heterocycles. The van der Waals surface area contributed by atoms with Crippen LogP contribution >= 0.6 is 0 Å². The van der Waals surface area contributed by atoms with Crippen molar-refractivity contribution in [1.29, 1.82) is 0 Å². The molecule has 0 aliphatic rings. The maximum absolute atomic E-state index is 12.9. The molecule has 0 unspecified atom stereocenters. The lowest BCUT2D eigenvalue weighted by Crippen LogP contribution is -2.23. The summed E-state index contributed by atoms with van der Waals surface area (Å²) in [6.07, 6.45) is 0. The van der Waals surface area contributed by atoms with Crippen LogP contribution in [0.25, 0.3) is 5.69 Å². The first-order valence-electron chi connectivity index (χ1n) is 8.16. The second kappa shape index (κ2) is 6.49. The van der Waals surface area contributed by atoms with Crippen LogP contribution in [0.2, 0.25) is 0 Å². The number of nitrogens with one attached hydrogen (secondary N) is 1. The summed E-state index contributed by atoms with van der Waals surface area (Å²) in [5, 5.41) is 0. The highest BCUT2D eigenvalue weighted by Crippen LogP contribution is 2.20. The van der Waals surface area contributed by atoms with Crippen LogP contribution in [-0.2, 0) is 17.1 Å². The van der Waals surface area contributed by atoms with Gasteiger partial charge >= 0.3 is 0 Å². The molecule has 2 aromatic carbocycles. The minimum Gasteiger partial charge on any atom is -0.283 e. The smallest absolute Gasteiger partial charge is 0.283 e. The number of aromatic nitrogens is 2. The summed E-state index contributed by atoms with van der Waals surface area (Å²) in [6, 6.07) is 14.0. The van der Waals surface area contributed by atoms with Crippen molar-refractivity contribution in [2.45, 2.75) is 25.7 Å². The van der Waals surface area contributed by atoms with Crippen LogP contribution in [0.1, 0.15) is 16.8 Å². The van der Waals surface area contributed by atoms with E-state index in [1.165, 1.54) is 4.68 Å². The minimum absolute atomic E-state index is 0.0505. The van der Waals surface area contributed by atoms with Crippen LogP contribution in [-0.4, -0.2) is 17.8 Å². The minimum atomic E-state index is -3.86. The number of hydrogen-bond acceptors (Lipinski definition) is 3. The monoisotopic (exact) mass is 371 g/mol. The van der Waals surface area contributed by atoms with Crippen LogP contribution in [0.15, 0.2) is 58.2 Å². The van der Waals surface area contributed by atoms with Crippen molar-refractivity contribution in [2.75, 3.05) is 4.72 Å². The first kappa shape index (κ1) is 18.0. The summed E-state index contributed by atoms with van der Waals surface area (Å²) in [5.74, 6) is 0. The Balaban J connectivity index is 2.08. The molecule has 0 amide bonds. The average Bonchev–Trinajstić information content (AvgIpc) is 2.81. The molecule has 0 bridgehead atoms. The van der Waals surface area contributed by atoms with Crippen LogP contribution in [0.5, 0.6) is 0 Å². The fourth-order valence-electron chi connectivity index (χ4n) is 2.76. The van der Waals surface area contributed by atoms with Crippen LogP contribution in [0, 0.1) is 20.8 Å². The molecular weight excluding hydrogens is 350 g/mol. The lowest BCUT2D eigenvalue weighted by Gasteiger charge is -2.09. The zero-order chi connectivity index (χ0) is 19.1. The van der Waals surface area contributed by atoms with Gasteiger partial charge in [0, 0.05) is 7.05 Å². The van der Waals surface area contributed by atoms with Gasteiger partial charge in [-0.1, -0.05) is 24.3 Å². The molecule has 1 N–H and O–H groups in total. The molecule has 136 valence electrons. The number of benzene rings is 2. The van der Waals surface area contributed by atoms with E-state index in [-0.39, 0.29) is 10.6 Å². The first-order valence-corrected chi connectivity index (χ1v) is 9.65. The maximum atomic E-state index is 12.9. The van der Waals surface area contributed by atoms with Gasteiger partial charge in [-0.25, -0.2) is 13.1 Å². The highest BCUT2D eigenvalue weighted by atomic mass is 32.2. The van der Waals surface area contributed by atoms with Crippen molar-refractivity contribution >= 4 is 15.7 Å². The predicted molar refractivity (Wildman–Crippen MR) is 102 cm³/mol. The number of sulfonamides is 1. The zero-order valence-corrected chi connectivity index (χ0v) is 16.0. The lowest BCUT2D eigenvalue weighted by atomic mass is 10.1. The van der Waals surface area contributed by atoms with Crippen molar-refractivity contribution in [3.05, 3.63) is 75.7 Å². The van der Waals surface area contributed by atoms with E-state index < -0.39 is 15.6 Å². The Morgan fingerprint density at radius 3 is 2.19 bits per heavy atom. The average molecular weight is 371 g/mol. The van der Waals surface area contributed by atoms with E-state index in [4.69, 9.17) is 0 Å². The number of aryl methyl sites for hydroxylation is 2. The summed E-state index contributed by atoms with van der Waals surface area (Å²) in [5.41, 5.74) is 2.72. The van der Waals surface area contributed by atoms with Crippen LogP contribution in [0.3, 0.4) is 0 Å². The van der Waals surface area contributed by atoms with Crippen molar-refractivity contribution in [3.63, 3.8) is 0 Å². The molecule has 6 nitrogen and oxygen atoms in total. The molecule has 0 saturated carbocycles. The Morgan fingerprint density at radius 2 is 1.58 bits per heavy atom. The lowest BCUT2D eigenvalue weighted by molar-refractivity contribution is 0.601. The highest BCUT2D eigenvalue weighted by molar-refractivity contribution is 7.92.